The topological polar surface area (TPSA) is 62.3 Å². The summed E-state index contributed by atoms with van der Waals surface area (Å²) in [7, 11) is 0. The number of rotatable bonds is 3. The molecule has 1 aliphatic rings. The van der Waals surface area contributed by atoms with E-state index in [4.69, 9.17) is 11.6 Å². The van der Waals surface area contributed by atoms with Crippen LogP contribution in [-0.2, 0) is 9.59 Å². The third kappa shape index (κ3) is 3.37. The fraction of sp³-hybridized carbons (Fsp3) is 0.136. The van der Waals surface area contributed by atoms with Crippen LogP contribution in [0.25, 0.3) is 17.0 Å². The molecule has 1 atom stereocenters. The molecule has 140 valence electrons. The number of aromatic nitrogens is 1. The van der Waals surface area contributed by atoms with Crippen molar-refractivity contribution in [3.8, 4) is 0 Å². The molecule has 3 aromatic rings. The second-order valence-electron chi connectivity index (χ2n) is 6.63. The lowest BCUT2D eigenvalue weighted by molar-refractivity contribution is -0.129. The lowest BCUT2D eigenvalue weighted by Gasteiger charge is -2.32. The highest BCUT2D eigenvalue weighted by molar-refractivity contribution is 6.35. The van der Waals surface area contributed by atoms with E-state index in [0.717, 1.165) is 16.5 Å². The van der Waals surface area contributed by atoms with E-state index in [0.29, 0.717) is 16.2 Å². The zero-order valence-electron chi connectivity index (χ0n) is 15.2. The molecular weight excluding hydrogens is 374 g/mol. The minimum atomic E-state index is -0.351. The van der Waals surface area contributed by atoms with Crippen molar-refractivity contribution < 1.29 is 9.59 Å². The number of amides is 2. The van der Waals surface area contributed by atoms with Crippen molar-refractivity contribution in [2.75, 3.05) is 5.32 Å². The first-order valence-electron chi connectivity index (χ1n) is 8.93. The minimum absolute atomic E-state index is 0.107. The lowest BCUT2D eigenvalue weighted by atomic mass is 9.93. The predicted molar refractivity (Wildman–Crippen MR) is 111 cm³/mol. The van der Waals surface area contributed by atoms with E-state index in [1.54, 1.807) is 35.5 Å². The molecule has 0 bridgehead atoms. The number of nitrogens with zero attached hydrogens (tertiary/aromatic N) is 2. The summed E-state index contributed by atoms with van der Waals surface area (Å²) < 4.78 is 0. The van der Waals surface area contributed by atoms with Gasteiger partial charge in [0.2, 0.25) is 11.8 Å². The van der Waals surface area contributed by atoms with E-state index in [1.807, 2.05) is 36.4 Å². The number of hydrogen-bond donors (Lipinski definition) is 1. The summed E-state index contributed by atoms with van der Waals surface area (Å²) >= 11 is 6.20. The molecule has 0 saturated heterocycles. The molecule has 2 aromatic carbocycles. The summed E-state index contributed by atoms with van der Waals surface area (Å²) in [5, 5.41) is 4.25. The first-order valence-corrected chi connectivity index (χ1v) is 9.31. The van der Waals surface area contributed by atoms with E-state index in [9.17, 15) is 9.59 Å². The molecule has 0 spiro atoms. The summed E-state index contributed by atoms with van der Waals surface area (Å²) in [6, 6.07) is 14.6. The molecular formula is C22H18ClN3O2. The number of fused-ring (bicyclic) bond motifs is 2. The first-order chi connectivity index (χ1) is 13.5. The van der Waals surface area contributed by atoms with Gasteiger partial charge in [0.05, 0.1) is 28.7 Å². The quantitative estimate of drug-likeness (QED) is 0.698. The van der Waals surface area contributed by atoms with Crippen molar-refractivity contribution in [3.63, 3.8) is 0 Å². The molecule has 4 rings (SSSR count). The van der Waals surface area contributed by atoms with Crippen molar-refractivity contribution in [2.24, 2.45) is 0 Å². The molecule has 1 aliphatic heterocycles. The summed E-state index contributed by atoms with van der Waals surface area (Å²) in [6.07, 6.45) is 5.44. The van der Waals surface area contributed by atoms with Crippen molar-refractivity contribution in [1.82, 2.24) is 9.88 Å². The zero-order valence-corrected chi connectivity index (χ0v) is 16.0. The first kappa shape index (κ1) is 18.2. The maximum atomic E-state index is 12.9. The van der Waals surface area contributed by atoms with Gasteiger partial charge in [0.1, 0.15) is 0 Å². The second kappa shape index (κ2) is 7.44. The molecule has 28 heavy (non-hydrogen) atoms. The van der Waals surface area contributed by atoms with Gasteiger partial charge >= 0.3 is 0 Å². The molecule has 0 radical (unpaired) electrons. The van der Waals surface area contributed by atoms with Crippen LogP contribution < -0.4 is 5.32 Å². The highest BCUT2D eigenvalue weighted by atomic mass is 35.5. The Kier molecular flexibility index (Phi) is 4.84. The van der Waals surface area contributed by atoms with Gasteiger partial charge in [0, 0.05) is 24.7 Å². The van der Waals surface area contributed by atoms with Crippen molar-refractivity contribution in [1.29, 1.82) is 0 Å². The average Bonchev–Trinajstić information content (AvgIpc) is 2.70. The molecule has 0 aliphatic carbocycles. The zero-order chi connectivity index (χ0) is 19.7. The third-order valence-electron chi connectivity index (χ3n) is 4.84. The largest absolute Gasteiger partial charge is 0.325 e. The van der Waals surface area contributed by atoms with Gasteiger partial charge in [-0.25, -0.2) is 0 Å². The number of benzene rings is 2. The number of halogens is 1. The van der Waals surface area contributed by atoms with Crippen LogP contribution in [0.3, 0.4) is 0 Å². The van der Waals surface area contributed by atoms with Gasteiger partial charge in [0.25, 0.3) is 0 Å². The smallest absolute Gasteiger partial charge is 0.226 e. The summed E-state index contributed by atoms with van der Waals surface area (Å²) in [5.74, 6) is -0.293. The van der Waals surface area contributed by atoms with E-state index >= 15 is 0 Å². The van der Waals surface area contributed by atoms with Gasteiger partial charge < -0.3 is 10.2 Å². The molecule has 2 amide bonds. The molecule has 1 N–H and O–H groups in total. The van der Waals surface area contributed by atoms with Crippen molar-refractivity contribution in [3.05, 3.63) is 77.1 Å². The van der Waals surface area contributed by atoms with Crippen LogP contribution in [0.15, 0.2) is 60.9 Å². The Hall–Kier alpha value is -3.18. The summed E-state index contributed by atoms with van der Waals surface area (Å²) in [4.78, 5) is 30.8. The van der Waals surface area contributed by atoms with E-state index in [-0.39, 0.29) is 24.3 Å². The molecule has 2 heterocycles. The van der Waals surface area contributed by atoms with Gasteiger partial charge in [-0.2, -0.15) is 0 Å². The van der Waals surface area contributed by atoms with Crippen LogP contribution in [-0.4, -0.2) is 21.7 Å². The maximum absolute atomic E-state index is 12.9. The maximum Gasteiger partial charge on any atom is 0.226 e. The second-order valence-corrected chi connectivity index (χ2v) is 7.04. The van der Waals surface area contributed by atoms with Gasteiger partial charge in [-0.05, 0) is 41.5 Å². The average molecular weight is 392 g/mol. The molecule has 1 aromatic heterocycles. The number of hydrogen-bond acceptors (Lipinski definition) is 3. The number of anilines is 1. The van der Waals surface area contributed by atoms with Crippen LogP contribution in [0.4, 0.5) is 5.69 Å². The molecule has 5 nitrogen and oxygen atoms in total. The number of pyridine rings is 1. The van der Waals surface area contributed by atoms with E-state index in [2.05, 4.69) is 10.3 Å². The number of carbonyl (C=O) groups excluding carboxylic acids is 2. The minimum Gasteiger partial charge on any atom is -0.325 e. The Labute approximate surface area is 167 Å². The fourth-order valence-electron chi connectivity index (χ4n) is 3.54. The Morgan fingerprint density at radius 3 is 2.79 bits per heavy atom. The highest BCUT2D eigenvalue weighted by Crippen LogP contribution is 2.34. The Bertz CT molecular complexity index is 1110. The molecule has 0 unspecified atom stereocenters. The van der Waals surface area contributed by atoms with E-state index < -0.39 is 0 Å². The SMILES string of the molecule is CC(=O)N1C=Cc2ccccc2[C@H]1CC(=O)Nc1ccc(Cl)c2ncccc12. The lowest BCUT2D eigenvalue weighted by Crippen LogP contribution is -2.33. The number of carbonyl (C=O) groups is 2. The predicted octanol–water partition coefficient (Wildman–Crippen LogP) is 4.79. The molecule has 0 saturated carbocycles. The standard InChI is InChI=1S/C22H18ClN3O2/c1-14(27)26-12-10-15-5-2-3-6-16(15)20(26)13-21(28)25-19-9-8-18(23)22-17(19)7-4-11-24-22/h2-12,20H,13H2,1H3,(H,25,28)/t20-/m1/s1. The van der Waals surface area contributed by atoms with Gasteiger partial charge in [-0.1, -0.05) is 35.9 Å². The van der Waals surface area contributed by atoms with Crippen LogP contribution in [0.5, 0.6) is 0 Å². The summed E-state index contributed by atoms with van der Waals surface area (Å²) in [6.45, 7) is 1.50. The van der Waals surface area contributed by atoms with Crippen LogP contribution in [0.2, 0.25) is 5.02 Å². The van der Waals surface area contributed by atoms with Crippen molar-refractivity contribution in [2.45, 2.75) is 19.4 Å². The third-order valence-corrected chi connectivity index (χ3v) is 5.15. The van der Waals surface area contributed by atoms with Crippen LogP contribution in [0.1, 0.15) is 30.5 Å². The molecule has 0 fully saturated rings. The monoisotopic (exact) mass is 391 g/mol. The highest BCUT2D eigenvalue weighted by Gasteiger charge is 2.28. The van der Waals surface area contributed by atoms with Crippen molar-refractivity contribution >= 4 is 46.1 Å². The van der Waals surface area contributed by atoms with Gasteiger partial charge in [-0.3, -0.25) is 14.6 Å². The van der Waals surface area contributed by atoms with Gasteiger partial charge in [-0.15, -0.1) is 0 Å². The molecule has 6 heteroatoms. The Balaban J connectivity index is 1.62. The normalized spacial score (nSPS) is 15.4. The Morgan fingerprint density at radius 2 is 1.96 bits per heavy atom. The number of nitrogens with one attached hydrogen (secondary N) is 1. The van der Waals surface area contributed by atoms with Gasteiger partial charge in [0.15, 0.2) is 0 Å². The van der Waals surface area contributed by atoms with Crippen LogP contribution >= 0.6 is 11.6 Å². The Morgan fingerprint density at radius 1 is 1.14 bits per heavy atom. The fourth-order valence-corrected chi connectivity index (χ4v) is 3.75. The summed E-state index contributed by atoms with van der Waals surface area (Å²) in [5.41, 5.74) is 3.25. The van der Waals surface area contributed by atoms with E-state index in [1.165, 1.54) is 6.92 Å². The van der Waals surface area contributed by atoms with Crippen LogP contribution in [0, 0.1) is 0 Å².